The van der Waals surface area contributed by atoms with Gasteiger partial charge < -0.3 is 9.80 Å². The Morgan fingerprint density at radius 3 is 0.831 bits per heavy atom. The molecule has 17 rings (SSSR count). The lowest BCUT2D eigenvalue weighted by Crippen LogP contribution is -2.36. The van der Waals surface area contributed by atoms with E-state index in [-0.39, 0.29) is 0 Å². The summed E-state index contributed by atoms with van der Waals surface area (Å²) < 4.78 is 0. The highest BCUT2D eigenvalue weighted by atomic mass is 15.2. The number of hydrogen-bond acceptors (Lipinski definition) is 2. The lowest BCUT2D eigenvalue weighted by Gasteiger charge is -2.45. The van der Waals surface area contributed by atoms with Gasteiger partial charge >= 0.3 is 0 Å². The molecular formula is C81H54N2. The highest BCUT2D eigenvalue weighted by molar-refractivity contribution is 5.98. The van der Waals surface area contributed by atoms with Crippen molar-refractivity contribution < 1.29 is 0 Å². The molecule has 13 aromatic rings. The lowest BCUT2D eigenvalue weighted by molar-refractivity contribution is 0.752. The van der Waals surface area contributed by atoms with Crippen molar-refractivity contribution in [1.82, 2.24) is 0 Å². The molecule has 1 aliphatic heterocycles. The Bertz CT molecular complexity index is 4370. The molecule has 0 radical (unpaired) electrons. The first-order valence-corrected chi connectivity index (χ1v) is 29.0. The van der Waals surface area contributed by atoms with Crippen LogP contribution in [0.15, 0.2) is 328 Å². The van der Waals surface area contributed by atoms with E-state index in [1.807, 2.05) is 0 Å². The molecule has 388 valence electrons. The Balaban J connectivity index is 0.968. The Morgan fingerprint density at radius 1 is 0.205 bits per heavy atom. The number of benzene rings is 13. The van der Waals surface area contributed by atoms with Crippen LogP contribution < -0.4 is 9.80 Å². The summed E-state index contributed by atoms with van der Waals surface area (Å²) in [5.41, 5.74) is 27.5. The summed E-state index contributed by atoms with van der Waals surface area (Å²) >= 11 is 0. The van der Waals surface area contributed by atoms with Crippen molar-refractivity contribution in [3.8, 4) is 33.4 Å². The minimum Gasteiger partial charge on any atom is -0.310 e. The molecule has 2 nitrogen and oxygen atoms in total. The Hall–Kier alpha value is -10.5. The summed E-state index contributed by atoms with van der Waals surface area (Å²) in [6.07, 6.45) is 0. The molecule has 1 heterocycles. The van der Waals surface area contributed by atoms with Crippen LogP contribution in [-0.2, 0) is 16.2 Å². The van der Waals surface area contributed by atoms with Gasteiger partial charge in [0.1, 0.15) is 0 Å². The van der Waals surface area contributed by atoms with E-state index in [0.29, 0.717) is 0 Å². The maximum atomic E-state index is 2.57. The summed E-state index contributed by atoms with van der Waals surface area (Å²) in [7, 11) is 0. The third-order valence-electron chi connectivity index (χ3n) is 18.8. The van der Waals surface area contributed by atoms with Crippen molar-refractivity contribution in [3.05, 3.63) is 394 Å². The van der Waals surface area contributed by atoms with Crippen LogP contribution in [0, 0.1) is 0 Å². The summed E-state index contributed by atoms with van der Waals surface area (Å²) in [6, 6.07) is 123. The first-order chi connectivity index (χ1) is 41.2. The van der Waals surface area contributed by atoms with Crippen LogP contribution in [0.2, 0.25) is 0 Å². The summed E-state index contributed by atoms with van der Waals surface area (Å²) in [4.78, 5) is 5.04. The van der Waals surface area contributed by atoms with E-state index in [9.17, 15) is 0 Å². The average molecular weight is 1060 g/mol. The number of hydrogen-bond donors (Lipinski definition) is 0. The van der Waals surface area contributed by atoms with Crippen molar-refractivity contribution in [1.29, 1.82) is 0 Å². The van der Waals surface area contributed by atoms with E-state index in [4.69, 9.17) is 0 Å². The highest BCUT2D eigenvalue weighted by Gasteiger charge is 2.53. The Labute approximate surface area is 485 Å². The van der Waals surface area contributed by atoms with Crippen LogP contribution in [0.1, 0.15) is 66.8 Å². The third kappa shape index (κ3) is 6.44. The summed E-state index contributed by atoms with van der Waals surface area (Å²) in [5.74, 6) is 0. The zero-order valence-corrected chi connectivity index (χ0v) is 45.6. The van der Waals surface area contributed by atoms with Gasteiger partial charge in [-0.25, -0.2) is 0 Å². The van der Waals surface area contributed by atoms with Crippen LogP contribution in [0.5, 0.6) is 0 Å². The zero-order valence-electron chi connectivity index (χ0n) is 45.6. The summed E-state index contributed by atoms with van der Waals surface area (Å²) in [5, 5.41) is 0. The van der Waals surface area contributed by atoms with E-state index in [2.05, 4.69) is 337 Å². The number of nitrogens with zero attached hydrogens (tertiary/aromatic N) is 2. The fourth-order valence-electron chi connectivity index (χ4n) is 15.7. The van der Waals surface area contributed by atoms with Gasteiger partial charge in [0.05, 0.1) is 27.6 Å². The Kier molecular flexibility index (Phi) is 10.4. The maximum absolute atomic E-state index is 2.57. The average Bonchev–Trinajstić information content (AvgIpc) is 2.12. The van der Waals surface area contributed by atoms with Gasteiger partial charge in [-0.1, -0.05) is 267 Å². The van der Waals surface area contributed by atoms with Gasteiger partial charge in [-0.15, -0.1) is 0 Å². The molecule has 0 fully saturated rings. The highest BCUT2D eigenvalue weighted by Crippen LogP contribution is 2.65. The number of fused-ring (bicyclic) bond motifs is 15. The third-order valence-corrected chi connectivity index (χ3v) is 18.8. The molecule has 2 heteroatoms. The van der Waals surface area contributed by atoms with Gasteiger partial charge in [0.25, 0.3) is 0 Å². The van der Waals surface area contributed by atoms with Crippen molar-refractivity contribution >= 4 is 34.1 Å². The molecule has 0 aromatic heterocycles. The molecule has 0 bridgehead atoms. The first-order valence-electron chi connectivity index (χ1n) is 29.0. The van der Waals surface area contributed by atoms with Crippen LogP contribution >= 0.6 is 0 Å². The van der Waals surface area contributed by atoms with Gasteiger partial charge in [-0.3, -0.25) is 0 Å². The van der Waals surface area contributed by atoms with E-state index in [1.54, 1.807) is 0 Å². The molecule has 1 spiro atoms. The molecule has 0 N–H and O–H groups in total. The van der Waals surface area contributed by atoms with E-state index >= 15 is 0 Å². The van der Waals surface area contributed by atoms with Crippen molar-refractivity contribution in [3.63, 3.8) is 0 Å². The SMILES string of the molecule is c1ccc(N2c3ccccc3C3(c4ccccc4-c4ccc(N(c5ccc6c(c5)C(c5ccccc5)(c5ccccc5)c5ccccc5-6)c5ccc6c(c5)C(c5ccccc5)(c5ccccc5)c5ccccc5-6)cc43)c3ccccc32)cc1. The smallest absolute Gasteiger partial charge is 0.0755 e. The van der Waals surface area contributed by atoms with Crippen molar-refractivity contribution in [2.75, 3.05) is 9.80 Å². The molecule has 0 saturated carbocycles. The number of rotatable bonds is 8. The number of para-hydroxylation sites is 3. The molecule has 4 aliphatic rings. The summed E-state index contributed by atoms with van der Waals surface area (Å²) in [6.45, 7) is 0. The van der Waals surface area contributed by atoms with Gasteiger partial charge in [-0.05, 0) is 161 Å². The fraction of sp³-hybridized carbons (Fsp3) is 0.0370. The van der Waals surface area contributed by atoms with Crippen molar-refractivity contribution in [2.45, 2.75) is 16.2 Å². The number of anilines is 6. The van der Waals surface area contributed by atoms with Gasteiger partial charge in [0, 0.05) is 22.7 Å². The normalized spacial score (nSPS) is 14.5. The molecular weight excluding hydrogens is 1000 g/mol. The van der Waals surface area contributed by atoms with Crippen LogP contribution in [0.25, 0.3) is 33.4 Å². The molecule has 83 heavy (non-hydrogen) atoms. The van der Waals surface area contributed by atoms with Gasteiger partial charge in [-0.2, -0.15) is 0 Å². The molecule has 0 amide bonds. The van der Waals surface area contributed by atoms with Crippen LogP contribution in [-0.4, -0.2) is 0 Å². The first kappa shape index (κ1) is 47.3. The second-order valence-corrected chi connectivity index (χ2v) is 22.6. The predicted octanol–water partition coefficient (Wildman–Crippen LogP) is 20.0. The predicted molar refractivity (Wildman–Crippen MR) is 341 cm³/mol. The molecule has 0 atom stereocenters. The minimum absolute atomic E-state index is 0.602. The lowest BCUT2D eigenvalue weighted by atomic mass is 9.64. The van der Waals surface area contributed by atoms with Crippen molar-refractivity contribution in [2.24, 2.45) is 0 Å². The molecule has 0 unspecified atom stereocenters. The van der Waals surface area contributed by atoms with Gasteiger partial charge in [0.2, 0.25) is 0 Å². The minimum atomic E-state index is -0.656. The van der Waals surface area contributed by atoms with Crippen LogP contribution in [0.4, 0.5) is 34.1 Å². The van der Waals surface area contributed by atoms with E-state index in [0.717, 1.165) is 22.7 Å². The molecule has 0 saturated heterocycles. The topological polar surface area (TPSA) is 6.48 Å². The van der Waals surface area contributed by atoms with E-state index in [1.165, 1.54) is 112 Å². The largest absolute Gasteiger partial charge is 0.310 e. The maximum Gasteiger partial charge on any atom is 0.0755 e. The second kappa shape index (κ2) is 18.2. The molecule has 3 aliphatic carbocycles. The second-order valence-electron chi connectivity index (χ2n) is 22.6. The standard InChI is InChI=1S/C81H54N2/c1-6-26-55(27-7-1)79(56-28-8-2-9-29-56)69-39-19-16-36-63(69)66-49-46-60(52-74(66)79)82(61-47-50-67-64-37-17-20-40-70(64)80(75(67)53-61,57-30-10-3-11-31-57)58-32-12-4-13-33-58)62-48-51-68-65-38-18-21-41-71(65)81(76(68)54-62)72-42-22-24-44-77(72)83(59-34-14-5-15-35-59)78-45-25-23-43-73(78)81/h1-54H. The molecule has 13 aromatic carbocycles. The van der Waals surface area contributed by atoms with Gasteiger partial charge in [0.15, 0.2) is 0 Å². The quantitative estimate of drug-likeness (QED) is 0.150. The van der Waals surface area contributed by atoms with E-state index < -0.39 is 16.2 Å². The fourth-order valence-corrected chi connectivity index (χ4v) is 15.7. The Morgan fingerprint density at radius 2 is 0.470 bits per heavy atom. The monoisotopic (exact) mass is 1050 g/mol. The van der Waals surface area contributed by atoms with Crippen LogP contribution in [0.3, 0.4) is 0 Å². The zero-order chi connectivity index (χ0) is 54.7.